The van der Waals surface area contributed by atoms with Crippen LogP contribution >= 0.6 is 0 Å². The molecule has 0 spiro atoms. The highest BCUT2D eigenvalue weighted by molar-refractivity contribution is 5.97. The molecule has 1 N–H and O–H groups in total. The van der Waals surface area contributed by atoms with E-state index < -0.39 is 5.82 Å². The molecular weight excluding hydrogens is 297 g/mol. The molecule has 0 aromatic heterocycles. The van der Waals surface area contributed by atoms with Gasteiger partial charge in [-0.1, -0.05) is 6.92 Å². The molecule has 2 fully saturated rings. The molecule has 23 heavy (non-hydrogen) atoms. The van der Waals surface area contributed by atoms with Crippen molar-refractivity contribution in [1.29, 1.82) is 0 Å². The summed E-state index contributed by atoms with van der Waals surface area (Å²) in [5.41, 5.74) is 0.766. The number of benzene rings is 1. The minimum absolute atomic E-state index is 0.0719. The molecule has 1 aromatic carbocycles. The second-order valence-electron chi connectivity index (χ2n) is 6.41. The van der Waals surface area contributed by atoms with Crippen molar-refractivity contribution in [3.05, 3.63) is 24.0 Å². The highest BCUT2D eigenvalue weighted by Gasteiger charge is 2.25. The van der Waals surface area contributed by atoms with Gasteiger partial charge in [0.25, 0.3) is 0 Å². The molecule has 3 amide bonds. The summed E-state index contributed by atoms with van der Waals surface area (Å²) in [5, 5.41) is 2.81. The third-order valence-corrected chi connectivity index (χ3v) is 4.63. The highest BCUT2D eigenvalue weighted by atomic mass is 19.1. The summed E-state index contributed by atoms with van der Waals surface area (Å²) in [5.74, 6) is 0.139. The van der Waals surface area contributed by atoms with E-state index in [0.717, 1.165) is 32.4 Å². The number of amides is 3. The lowest BCUT2D eigenvalue weighted by Crippen LogP contribution is -2.40. The van der Waals surface area contributed by atoms with Crippen molar-refractivity contribution in [2.75, 3.05) is 29.9 Å². The molecule has 124 valence electrons. The van der Waals surface area contributed by atoms with E-state index in [1.807, 2.05) is 0 Å². The van der Waals surface area contributed by atoms with Crippen molar-refractivity contribution in [2.24, 2.45) is 5.92 Å². The molecule has 0 unspecified atom stereocenters. The van der Waals surface area contributed by atoms with Gasteiger partial charge in [0.2, 0.25) is 5.91 Å². The Morgan fingerprint density at radius 3 is 2.65 bits per heavy atom. The first-order chi connectivity index (χ1) is 11.0. The summed E-state index contributed by atoms with van der Waals surface area (Å²) < 4.78 is 14.0. The fourth-order valence-electron chi connectivity index (χ4n) is 3.11. The molecular formula is C17H22FN3O2. The van der Waals surface area contributed by atoms with Gasteiger partial charge in [0, 0.05) is 31.7 Å². The lowest BCUT2D eigenvalue weighted by Gasteiger charge is -2.30. The van der Waals surface area contributed by atoms with Crippen LogP contribution < -0.4 is 10.2 Å². The summed E-state index contributed by atoms with van der Waals surface area (Å²) in [7, 11) is 0. The number of hydrogen-bond acceptors (Lipinski definition) is 2. The third-order valence-electron chi connectivity index (χ3n) is 4.63. The van der Waals surface area contributed by atoms with Gasteiger partial charge in [-0.2, -0.15) is 0 Å². The highest BCUT2D eigenvalue weighted by Crippen LogP contribution is 2.28. The number of anilines is 2. The van der Waals surface area contributed by atoms with Crippen LogP contribution in [0.3, 0.4) is 0 Å². The summed E-state index contributed by atoms with van der Waals surface area (Å²) in [6, 6.07) is 4.21. The molecule has 2 heterocycles. The Kier molecular flexibility index (Phi) is 4.50. The standard InChI is InChI=1S/C17H22FN3O2/c1-12-6-9-20(10-7-12)17(23)19-13-4-5-14(18)15(11-13)21-8-2-3-16(21)22/h4-5,11-12H,2-3,6-10H2,1H3,(H,19,23). The first kappa shape index (κ1) is 15.8. The molecule has 6 heteroatoms. The van der Waals surface area contributed by atoms with Crippen LogP contribution in [0.25, 0.3) is 0 Å². The molecule has 0 radical (unpaired) electrons. The predicted molar refractivity (Wildman–Crippen MR) is 87.0 cm³/mol. The van der Waals surface area contributed by atoms with Gasteiger partial charge in [0.15, 0.2) is 0 Å². The fraction of sp³-hybridized carbons (Fsp3) is 0.529. The van der Waals surface area contributed by atoms with Gasteiger partial charge >= 0.3 is 6.03 Å². The van der Waals surface area contributed by atoms with Crippen LogP contribution in [0.2, 0.25) is 0 Å². The zero-order valence-electron chi connectivity index (χ0n) is 13.3. The number of likely N-dealkylation sites (tertiary alicyclic amines) is 1. The Morgan fingerprint density at radius 1 is 1.26 bits per heavy atom. The van der Waals surface area contributed by atoms with E-state index in [1.54, 1.807) is 11.0 Å². The summed E-state index contributed by atoms with van der Waals surface area (Å²) >= 11 is 0. The van der Waals surface area contributed by atoms with E-state index in [2.05, 4.69) is 12.2 Å². The van der Waals surface area contributed by atoms with Gasteiger partial charge < -0.3 is 15.1 Å². The number of piperidine rings is 1. The van der Waals surface area contributed by atoms with Crippen LogP contribution in [0.5, 0.6) is 0 Å². The average molecular weight is 319 g/mol. The predicted octanol–water partition coefficient (Wildman–Crippen LogP) is 3.22. The van der Waals surface area contributed by atoms with E-state index in [0.29, 0.717) is 24.6 Å². The quantitative estimate of drug-likeness (QED) is 0.910. The van der Waals surface area contributed by atoms with Gasteiger partial charge in [-0.15, -0.1) is 0 Å². The van der Waals surface area contributed by atoms with E-state index in [9.17, 15) is 14.0 Å². The van der Waals surface area contributed by atoms with Gasteiger partial charge in [-0.05, 0) is 43.4 Å². The monoisotopic (exact) mass is 319 g/mol. The second-order valence-corrected chi connectivity index (χ2v) is 6.41. The molecule has 2 aliphatic heterocycles. The van der Waals surface area contributed by atoms with Crippen LogP contribution in [-0.2, 0) is 4.79 Å². The number of hydrogen-bond donors (Lipinski definition) is 1. The van der Waals surface area contributed by atoms with Crippen molar-refractivity contribution >= 4 is 23.3 Å². The van der Waals surface area contributed by atoms with E-state index in [-0.39, 0.29) is 17.6 Å². The SMILES string of the molecule is CC1CCN(C(=O)Nc2ccc(F)c(N3CCCC3=O)c2)CC1. The Morgan fingerprint density at radius 2 is 2.00 bits per heavy atom. The van der Waals surface area contributed by atoms with Crippen molar-refractivity contribution in [1.82, 2.24) is 4.90 Å². The zero-order chi connectivity index (χ0) is 16.4. The number of nitrogens with zero attached hydrogens (tertiary/aromatic N) is 2. The summed E-state index contributed by atoms with van der Waals surface area (Å²) in [4.78, 5) is 27.3. The fourth-order valence-corrected chi connectivity index (χ4v) is 3.11. The van der Waals surface area contributed by atoms with E-state index >= 15 is 0 Å². The molecule has 2 saturated heterocycles. The molecule has 5 nitrogen and oxygen atoms in total. The maximum Gasteiger partial charge on any atom is 0.321 e. The Bertz CT molecular complexity index is 612. The van der Waals surface area contributed by atoms with Gasteiger partial charge in [0.1, 0.15) is 5.82 Å². The molecule has 3 rings (SSSR count). The van der Waals surface area contributed by atoms with E-state index in [4.69, 9.17) is 0 Å². The largest absolute Gasteiger partial charge is 0.325 e. The summed E-state index contributed by atoms with van der Waals surface area (Å²) in [6.07, 6.45) is 3.19. The molecule has 0 saturated carbocycles. The Balaban J connectivity index is 1.71. The van der Waals surface area contributed by atoms with Crippen LogP contribution in [0.1, 0.15) is 32.6 Å². The molecule has 2 aliphatic rings. The van der Waals surface area contributed by atoms with Crippen LogP contribution in [0.4, 0.5) is 20.6 Å². The van der Waals surface area contributed by atoms with E-state index in [1.165, 1.54) is 17.0 Å². The summed E-state index contributed by atoms with van der Waals surface area (Å²) in [6.45, 7) is 4.20. The average Bonchev–Trinajstić information content (AvgIpc) is 2.96. The molecule has 0 aliphatic carbocycles. The molecule has 1 aromatic rings. The number of carbonyl (C=O) groups excluding carboxylic acids is 2. The third kappa shape index (κ3) is 3.46. The minimum Gasteiger partial charge on any atom is -0.325 e. The number of nitrogens with one attached hydrogen (secondary N) is 1. The van der Waals surface area contributed by atoms with Gasteiger partial charge in [0.05, 0.1) is 5.69 Å². The zero-order valence-corrected chi connectivity index (χ0v) is 13.3. The Labute approximate surface area is 135 Å². The van der Waals surface area contributed by atoms with Gasteiger partial charge in [-0.3, -0.25) is 4.79 Å². The minimum atomic E-state index is -0.440. The second kappa shape index (κ2) is 6.56. The van der Waals surface area contributed by atoms with Crippen LogP contribution in [0, 0.1) is 11.7 Å². The van der Waals surface area contributed by atoms with Crippen molar-refractivity contribution in [2.45, 2.75) is 32.6 Å². The number of halogens is 1. The maximum atomic E-state index is 14.0. The molecule has 0 bridgehead atoms. The first-order valence-electron chi connectivity index (χ1n) is 8.20. The lowest BCUT2D eigenvalue weighted by molar-refractivity contribution is -0.117. The number of rotatable bonds is 2. The topological polar surface area (TPSA) is 52.7 Å². The Hall–Kier alpha value is -2.11. The molecule has 0 atom stereocenters. The number of carbonyl (C=O) groups is 2. The normalized spacial score (nSPS) is 19.3. The van der Waals surface area contributed by atoms with Crippen molar-refractivity contribution in [3.63, 3.8) is 0 Å². The van der Waals surface area contributed by atoms with Crippen LogP contribution in [0.15, 0.2) is 18.2 Å². The lowest BCUT2D eigenvalue weighted by atomic mass is 10.00. The smallest absolute Gasteiger partial charge is 0.321 e. The maximum absolute atomic E-state index is 14.0. The number of urea groups is 1. The van der Waals surface area contributed by atoms with Gasteiger partial charge in [-0.25, -0.2) is 9.18 Å². The first-order valence-corrected chi connectivity index (χ1v) is 8.20. The van der Waals surface area contributed by atoms with Crippen LogP contribution in [-0.4, -0.2) is 36.5 Å². The van der Waals surface area contributed by atoms with Crippen molar-refractivity contribution < 1.29 is 14.0 Å². The van der Waals surface area contributed by atoms with Crippen molar-refractivity contribution in [3.8, 4) is 0 Å².